The molecule has 1 aromatic heterocycles. The van der Waals surface area contributed by atoms with Crippen LogP contribution in [0.25, 0.3) is 0 Å². The number of hydrogen-bond acceptors (Lipinski definition) is 3. The van der Waals surface area contributed by atoms with E-state index in [9.17, 15) is 4.39 Å². The van der Waals surface area contributed by atoms with E-state index in [0.29, 0.717) is 5.88 Å². The van der Waals surface area contributed by atoms with Gasteiger partial charge in [0.2, 0.25) is 5.88 Å². The zero-order valence-electron chi connectivity index (χ0n) is 7.16. The Kier molecular flexibility index (Phi) is 2.40. The summed E-state index contributed by atoms with van der Waals surface area (Å²) in [5, 5.41) is 3.18. The molecule has 0 radical (unpaired) electrons. The van der Waals surface area contributed by atoms with Crippen molar-refractivity contribution in [2.75, 3.05) is 13.1 Å². The van der Waals surface area contributed by atoms with Crippen LogP contribution in [0.5, 0.6) is 5.88 Å². The largest absolute Gasteiger partial charge is 0.473 e. The van der Waals surface area contributed by atoms with E-state index in [2.05, 4.69) is 10.3 Å². The molecule has 0 saturated carbocycles. The summed E-state index contributed by atoms with van der Waals surface area (Å²) in [7, 11) is 0. The van der Waals surface area contributed by atoms with Crippen LogP contribution in [0.3, 0.4) is 0 Å². The van der Waals surface area contributed by atoms with E-state index < -0.39 is 0 Å². The fourth-order valence-corrected chi connectivity index (χ4v) is 1.33. The van der Waals surface area contributed by atoms with Gasteiger partial charge in [-0.1, -0.05) is 0 Å². The summed E-state index contributed by atoms with van der Waals surface area (Å²) >= 11 is 0. The molecule has 1 fully saturated rings. The zero-order valence-corrected chi connectivity index (χ0v) is 7.16. The van der Waals surface area contributed by atoms with Gasteiger partial charge in [0.25, 0.3) is 0 Å². The molecule has 0 spiro atoms. The standard InChI is InChI=1S/C9H11FN2O/c10-7-1-2-9(12-5-7)13-8-3-4-11-6-8/h1-2,5,8,11H,3-4,6H2/t8-/m1/s1. The minimum absolute atomic E-state index is 0.179. The second kappa shape index (κ2) is 3.70. The van der Waals surface area contributed by atoms with Crippen LogP contribution in [-0.2, 0) is 0 Å². The Morgan fingerprint density at radius 2 is 2.46 bits per heavy atom. The predicted octanol–water partition coefficient (Wildman–Crippen LogP) is 0.961. The first-order valence-electron chi connectivity index (χ1n) is 4.33. The van der Waals surface area contributed by atoms with Crippen LogP contribution in [0.2, 0.25) is 0 Å². The molecule has 0 aliphatic carbocycles. The highest BCUT2D eigenvalue weighted by Gasteiger charge is 2.15. The number of ether oxygens (including phenoxy) is 1. The monoisotopic (exact) mass is 182 g/mol. The van der Waals surface area contributed by atoms with E-state index in [1.165, 1.54) is 6.07 Å². The Hall–Kier alpha value is -1.16. The Morgan fingerprint density at radius 1 is 1.54 bits per heavy atom. The number of nitrogens with zero attached hydrogens (tertiary/aromatic N) is 1. The van der Waals surface area contributed by atoms with Crippen LogP contribution in [0.15, 0.2) is 18.3 Å². The molecule has 1 aliphatic heterocycles. The van der Waals surface area contributed by atoms with Crippen molar-refractivity contribution in [3.63, 3.8) is 0 Å². The van der Waals surface area contributed by atoms with Gasteiger partial charge in [0.05, 0.1) is 6.20 Å². The lowest BCUT2D eigenvalue weighted by molar-refractivity contribution is 0.213. The predicted molar refractivity (Wildman–Crippen MR) is 46.1 cm³/mol. The molecule has 0 unspecified atom stereocenters. The maximum Gasteiger partial charge on any atom is 0.213 e. The maximum atomic E-state index is 12.5. The van der Waals surface area contributed by atoms with Crippen LogP contribution in [0, 0.1) is 5.82 Å². The first kappa shape index (κ1) is 8.44. The molecular formula is C9H11FN2O. The van der Waals surface area contributed by atoms with E-state index in [4.69, 9.17) is 4.74 Å². The van der Waals surface area contributed by atoms with Crippen molar-refractivity contribution in [2.45, 2.75) is 12.5 Å². The highest BCUT2D eigenvalue weighted by molar-refractivity contribution is 5.11. The topological polar surface area (TPSA) is 34.1 Å². The number of aromatic nitrogens is 1. The van der Waals surface area contributed by atoms with E-state index >= 15 is 0 Å². The maximum absolute atomic E-state index is 12.5. The lowest BCUT2D eigenvalue weighted by atomic mass is 10.3. The van der Waals surface area contributed by atoms with E-state index in [1.54, 1.807) is 6.07 Å². The van der Waals surface area contributed by atoms with Gasteiger partial charge in [0, 0.05) is 12.6 Å². The average molecular weight is 182 g/mol. The molecule has 3 nitrogen and oxygen atoms in total. The molecule has 1 aromatic rings. The van der Waals surface area contributed by atoms with Crippen molar-refractivity contribution in [3.05, 3.63) is 24.1 Å². The Balaban J connectivity index is 1.97. The van der Waals surface area contributed by atoms with Crippen molar-refractivity contribution in [3.8, 4) is 5.88 Å². The minimum Gasteiger partial charge on any atom is -0.473 e. The summed E-state index contributed by atoms with van der Waals surface area (Å²) in [6.45, 7) is 1.82. The zero-order chi connectivity index (χ0) is 9.10. The lowest BCUT2D eigenvalue weighted by Gasteiger charge is -2.10. The number of rotatable bonds is 2. The molecule has 0 aromatic carbocycles. The Bertz CT molecular complexity index is 269. The summed E-state index contributed by atoms with van der Waals surface area (Å²) in [5.74, 6) is 0.159. The van der Waals surface area contributed by atoms with Crippen LogP contribution in [0.4, 0.5) is 4.39 Å². The van der Waals surface area contributed by atoms with Gasteiger partial charge in [-0.2, -0.15) is 0 Å². The summed E-state index contributed by atoms with van der Waals surface area (Å²) in [5.41, 5.74) is 0. The van der Waals surface area contributed by atoms with Crippen LogP contribution in [-0.4, -0.2) is 24.2 Å². The molecular weight excluding hydrogens is 171 g/mol. The van der Waals surface area contributed by atoms with E-state index in [1.807, 2.05) is 0 Å². The van der Waals surface area contributed by atoms with Gasteiger partial charge in [-0.25, -0.2) is 9.37 Å². The Morgan fingerprint density at radius 3 is 3.08 bits per heavy atom. The van der Waals surface area contributed by atoms with E-state index in [0.717, 1.165) is 25.7 Å². The van der Waals surface area contributed by atoms with Gasteiger partial charge < -0.3 is 10.1 Å². The van der Waals surface area contributed by atoms with Crippen LogP contribution >= 0.6 is 0 Å². The van der Waals surface area contributed by atoms with Crippen molar-refractivity contribution in [1.29, 1.82) is 0 Å². The average Bonchev–Trinajstić information content (AvgIpc) is 2.62. The van der Waals surface area contributed by atoms with E-state index in [-0.39, 0.29) is 11.9 Å². The molecule has 1 N–H and O–H groups in total. The molecule has 0 amide bonds. The molecule has 1 atom stereocenters. The SMILES string of the molecule is Fc1ccc(O[C@@H]2CCNC2)nc1. The first-order chi connectivity index (χ1) is 6.34. The highest BCUT2D eigenvalue weighted by atomic mass is 19.1. The molecule has 1 aliphatic rings. The fraction of sp³-hybridized carbons (Fsp3) is 0.444. The van der Waals surface area contributed by atoms with Gasteiger partial charge in [0.15, 0.2) is 0 Å². The van der Waals surface area contributed by atoms with Crippen molar-refractivity contribution < 1.29 is 9.13 Å². The first-order valence-corrected chi connectivity index (χ1v) is 4.33. The quantitative estimate of drug-likeness (QED) is 0.739. The third-order valence-corrected chi connectivity index (χ3v) is 2.00. The summed E-state index contributed by atoms with van der Waals surface area (Å²) < 4.78 is 18.0. The third kappa shape index (κ3) is 2.15. The number of halogens is 1. The normalized spacial score (nSPS) is 21.8. The summed E-state index contributed by atoms with van der Waals surface area (Å²) in [4.78, 5) is 3.82. The smallest absolute Gasteiger partial charge is 0.213 e. The molecule has 2 rings (SSSR count). The van der Waals surface area contributed by atoms with Crippen molar-refractivity contribution in [1.82, 2.24) is 10.3 Å². The molecule has 0 bridgehead atoms. The van der Waals surface area contributed by atoms with Crippen molar-refractivity contribution >= 4 is 0 Å². The fourth-order valence-electron chi connectivity index (χ4n) is 1.33. The lowest BCUT2D eigenvalue weighted by Crippen LogP contribution is -2.19. The van der Waals surface area contributed by atoms with Crippen LogP contribution < -0.4 is 10.1 Å². The van der Waals surface area contributed by atoms with Gasteiger partial charge in [-0.15, -0.1) is 0 Å². The molecule has 4 heteroatoms. The third-order valence-electron chi connectivity index (χ3n) is 2.00. The number of hydrogen-bond donors (Lipinski definition) is 1. The van der Waals surface area contributed by atoms with Gasteiger partial charge >= 0.3 is 0 Å². The second-order valence-electron chi connectivity index (χ2n) is 3.05. The molecule has 2 heterocycles. The molecule has 70 valence electrons. The second-order valence-corrected chi connectivity index (χ2v) is 3.05. The van der Waals surface area contributed by atoms with Gasteiger partial charge in [-0.05, 0) is 19.0 Å². The molecule has 13 heavy (non-hydrogen) atoms. The summed E-state index contributed by atoms with van der Waals surface area (Å²) in [6.07, 6.45) is 2.33. The van der Waals surface area contributed by atoms with Gasteiger partial charge in [0.1, 0.15) is 11.9 Å². The number of pyridine rings is 1. The van der Waals surface area contributed by atoms with Crippen molar-refractivity contribution in [2.24, 2.45) is 0 Å². The van der Waals surface area contributed by atoms with Gasteiger partial charge in [-0.3, -0.25) is 0 Å². The summed E-state index contributed by atoms with van der Waals surface area (Å²) in [6, 6.07) is 2.90. The molecule has 1 saturated heterocycles. The Labute approximate surface area is 75.9 Å². The highest BCUT2D eigenvalue weighted by Crippen LogP contribution is 2.11. The van der Waals surface area contributed by atoms with Crippen LogP contribution in [0.1, 0.15) is 6.42 Å². The minimum atomic E-state index is -0.336. The number of nitrogens with one attached hydrogen (secondary N) is 1.